The summed E-state index contributed by atoms with van der Waals surface area (Å²) in [6, 6.07) is 3.97. The predicted octanol–water partition coefficient (Wildman–Crippen LogP) is 1.83. The number of urea groups is 1. The van der Waals surface area contributed by atoms with Crippen molar-refractivity contribution in [2.24, 2.45) is 0 Å². The lowest BCUT2D eigenvalue weighted by Crippen LogP contribution is -2.43. The molecule has 5 heteroatoms. The quantitative estimate of drug-likeness (QED) is 0.863. The smallest absolute Gasteiger partial charge is 0.317 e. The van der Waals surface area contributed by atoms with Crippen molar-refractivity contribution >= 4 is 6.03 Å². The third kappa shape index (κ3) is 4.49. The van der Waals surface area contributed by atoms with Crippen LogP contribution in [0.2, 0.25) is 0 Å². The molecule has 1 aromatic rings. The van der Waals surface area contributed by atoms with E-state index >= 15 is 0 Å². The van der Waals surface area contributed by atoms with Gasteiger partial charge in [0, 0.05) is 38.6 Å². The highest BCUT2D eigenvalue weighted by Gasteiger charge is 2.18. The molecule has 0 saturated carbocycles. The van der Waals surface area contributed by atoms with Crippen LogP contribution < -0.4 is 5.32 Å². The van der Waals surface area contributed by atoms with Gasteiger partial charge in [0.1, 0.15) is 0 Å². The van der Waals surface area contributed by atoms with E-state index in [-0.39, 0.29) is 12.1 Å². The first kappa shape index (κ1) is 14.8. The summed E-state index contributed by atoms with van der Waals surface area (Å²) >= 11 is 0. The second kappa shape index (κ2) is 7.85. The van der Waals surface area contributed by atoms with Crippen molar-refractivity contribution in [3.63, 3.8) is 0 Å². The summed E-state index contributed by atoms with van der Waals surface area (Å²) in [6.07, 6.45) is 6.75. The fourth-order valence-electron chi connectivity index (χ4n) is 2.34. The number of hydrogen-bond acceptors (Lipinski definition) is 3. The van der Waals surface area contributed by atoms with Crippen molar-refractivity contribution in [1.29, 1.82) is 0 Å². The highest BCUT2D eigenvalue weighted by molar-refractivity contribution is 5.74. The van der Waals surface area contributed by atoms with Gasteiger partial charge < -0.3 is 15.0 Å². The van der Waals surface area contributed by atoms with Crippen LogP contribution in [0.25, 0.3) is 0 Å². The van der Waals surface area contributed by atoms with Crippen molar-refractivity contribution in [3.8, 4) is 0 Å². The van der Waals surface area contributed by atoms with E-state index in [1.54, 1.807) is 12.4 Å². The molecule has 1 aromatic heterocycles. The Bertz CT molecular complexity index is 405. The van der Waals surface area contributed by atoms with Crippen LogP contribution in [-0.4, -0.2) is 48.3 Å². The molecular weight excluding hydrogens is 254 g/mol. The number of rotatable bonds is 6. The van der Waals surface area contributed by atoms with E-state index in [0.717, 1.165) is 32.4 Å². The van der Waals surface area contributed by atoms with E-state index in [0.29, 0.717) is 13.1 Å². The molecule has 2 rings (SSSR count). The summed E-state index contributed by atoms with van der Waals surface area (Å²) in [4.78, 5) is 17.9. The molecule has 5 nitrogen and oxygen atoms in total. The molecule has 0 radical (unpaired) electrons. The van der Waals surface area contributed by atoms with Crippen LogP contribution in [0.5, 0.6) is 0 Å². The fraction of sp³-hybridized carbons (Fsp3) is 0.600. The molecule has 1 saturated heterocycles. The number of carbonyl (C=O) groups is 1. The Labute approximate surface area is 120 Å². The zero-order valence-electron chi connectivity index (χ0n) is 12.0. The number of ether oxygens (including phenoxy) is 1. The number of pyridine rings is 1. The highest BCUT2D eigenvalue weighted by Crippen LogP contribution is 2.10. The highest BCUT2D eigenvalue weighted by atomic mass is 16.5. The van der Waals surface area contributed by atoms with Gasteiger partial charge in [0.05, 0.1) is 6.10 Å². The molecule has 1 atom stereocenters. The zero-order valence-corrected chi connectivity index (χ0v) is 12.0. The molecule has 1 unspecified atom stereocenters. The van der Waals surface area contributed by atoms with Crippen molar-refractivity contribution in [2.45, 2.75) is 32.3 Å². The molecule has 20 heavy (non-hydrogen) atoms. The third-order valence-electron chi connectivity index (χ3n) is 3.59. The third-order valence-corrected chi connectivity index (χ3v) is 3.59. The van der Waals surface area contributed by atoms with E-state index in [1.165, 1.54) is 5.56 Å². The molecule has 1 fully saturated rings. The first-order valence-corrected chi connectivity index (χ1v) is 7.33. The Morgan fingerprint density at radius 1 is 1.50 bits per heavy atom. The maximum atomic E-state index is 12.1. The van der Waals surface area contributed by atoms with Gasteiger partial charge in [-0.15, -0.1) is 0 Å². The minimum absolute atomic E-state index is 0.00273. The van der Waals surface area contributed by atoms with E-state index in [4.69, 9.17) is 4.74 Å². The van der Waals surface area contributed by atoms with Gasteiger partial charge in [-0.25, -0.2) is 4.79 Å². The molecule has 1 aliphatic heterocycles. The lowest BCUT2D eigenvalue weighted by molar-refractivity contribution is 0.109. The minimum atomic E-state index is -0.00273. The van der Waals surface area contributed by atoms with Gasteiger partial charge in [-0.05, 0) is 43.9 Å². The second-order valence-electron chi connectivity index (χ2n) is 5.01. The van der Waals surface area contributed by atoms with E-state index in [1.807, 2.05) is 24.0 Å². The van der Waals surface area contributed by atoms with Gasteiger partial charge in [-0.3, -0.25) is 4.98 Å². The Kier molecular flexibility index (Phi) is 5.80. The minimum Gasteiger partial charge on any atom is -0.376 e. The van der Waals surface area contributed by atoms with Gasteiger partial charge in [-0.1, -0.05) is 0 Å². The monoisotopic (exact) mass is 277 g/mol. The molecule has 1 aliphatic rings. The van der Waals surface area contributed by atoms with Gasteiger partial charge >= 0.3 is 6.03 Å². The maximum Gasteiger partial charge on any atom is 0.317 e. The van der Waals surface area contributed by atoms with E-state index in [2.05, 4.69) is 10.3 Å². The largest absolute Gasteiger partial charge is 0.376 e. The van der Waals surface area contributed by atoms with Crippen LogP contribution >= 0.6 is 0 Å². The van der Waals surface area contributed by atoms with Crippen LogP contribution in [0.1, 0.15) is 25.3 Å². The van der Waals surface area contributed by atoms with Gasteiger partial charge in [0.2, 0.25) is 0 Å². The molecule has 1 N–H and O–H groups in total. The summed E-state index contributed by atoms with van der Waals surface area (Å²) in [7, 11) is 0. The molecule has 2 heterocycles. The molecule has 0 bridgehead atoms. The zero-order chi connectivity index (χ0) is 14.2. The summed E-state index contributed by atoms with van der Waals surface area (Å²) in [5.41, 5.74) is 1.20. The van der Waals surface area contributed by atoms with Crippen molar-refractivity contribution in [1.82, 2.24) is 15.2 Å². The van der Waals surface area contributed by atoms with E-state index < -0.39 is 0 Å². The van der Waals surface area contributed by atoms with Gasteiger partial charge in [-0.2, -0.15) is 0 Å². The average molecular weight is 277 g/mol. The summed E-state index contributed by atoms with van der Waals surface area (Å²) in [5.74, 6) is 0. The molecule has 110 valence electrons. The summed E-state index contributed by atoms with van der Waals surface area (Å²) in [5, 5.41) is 2.96. The first-order chi connectivity index (χ1) is 9.79. The number of nitrogens with zero attached hydrogens (tertiary/aromatic N) is 2. The molecule has 2 amide bonds. The topological polar surface area (TPSA) is 54.5 Å². The second-order valence-corrected chi connectivity index (χ2v) is 5.01. The number of amides is 2. The number of nitrogens with one attached hydrogen (secondary N) is 1. The molecule has 0 aliphatic carbocycles. The Morgan fingerprint density at radius 2 is 2.30 bits per heavy atom. The van der Waals surface area contributed by atoms with Gasteiger partial charge in [0.15, 0.2) is 0 Å². The Balaban J connectivity index is 1.73. The molecule has 0 aromatic carbocycles. The Hall–Kier alpha value is -1.62. The number of hydrogen-bond donors (Lipinski definition) is 1. The summed E-state index contributed by atoms with van der Waals surface area (Å²) < 4.78 is 5.51. The van der Waals surface area contributed by atoms with Crippen molar-refractivity contribution in [3.05, 3.63) is 30.1 Å². The first-order valence-electron chi connectivity index (χ1n) is 7.33. The number of likely N-dealkylation sites (N-methyl/N-ethyl adjacent to an activating group) is 1. The number of aromatic nitrogens is 1. The van der Waals surface area contributed by atoms with Crippen LogP contribution in [0.4, 0.5) is 4.79 Å². The Morgan fingerprint density at radius 3 is 2.95 bits per heavy atom. The average Bonchev–Trinajstić information content (AvgIpc) is 3.00. The number of carbonyl (C=O) groups excluding carboxylic acids is 1. The molecule has 0 spiro atoms. The lowest BCUT2D eigenvalue weighted by Gasteiger charge is -2.22. The van der Waals surface area contributed by atoms with Crippen molar-refractivity contribution in [2.75, 3.05) is 26.2 Å². The standard InChI is InChI=1S/C15H23N3O2/c1-2-18(10-7-13-5-8-16-9-6-13)15(19)17-12-14-4-3-11-20-14/h5-6,8-9,14H,2-4,7,10-12H2,1H3,(H,17,19). The van der Waals surface area contributed by atoms with Crippen LogP contribution in [0.15, 0.2) is 24.5 Å². The van der Waals surface area contributed by atoms with E-state index in [9.17, 15) is 4.79 Å². The molecular formula is C15H23N3O2. The van der Waals surface area contributed by atoms with Crippen LogP contribution in [0.3, 0.4) is 0 Å². The predicted molar refractivity (Wildman–Crippen MR) is 77.6 cm³/mol. The fourth-order valence-corrected chi connectivity index (χ4v) is 2.34. The maximum absolute atomic E-state index is 12.1. The van der Waals surface area contributed by atoms with Gasteiger partial charge in [0.25, 0.3) is 0 Å². The lowest BCUT2D eigenvalue weighted by atomic mass is 10.2. The van der Waals surface area contributed by atoms with Crippen LogP contribution in [0, 0.1) is 0 Å². The summed E-state index contributed by atoms with van der Waals surface area (Å²) in [6.45, 7) is 4.86. The van der Waals surface area contributed by atoms with Crippen LogP contribution in [-0.2, 0) is 11.2 Å². The van der Waals surface area contributed by atoms with Crippen molar-refractivity contribution < 1.29 is 9.53 Å². The SMILES string of the molecule is CCN(CCc1ccncc1)C(=O)NCC1CCCO1. The normalized spacial score (nSPS) is 17.9.